The van der Waals surface area contributed by atoms with Gasteiger partial charge in [0.2, 0.25) is 0 Å². The van der Waals surface area contributed by atoms with Crippen LogP contribution in [0.1, 0.15) is 40.1 Å². The minimum Gasteiger partial charge on any atom is -0.492 e. The number of esters is 2. The lowest BCUT2D eigenvalue weighted by atomic mass is 10.1. The van der Waals surface area contributed by atoms with Crippen molar-refractivity contribution in [1.82, 2.24) is 0 Å². The molecule has 1 heterocycles. The smallest absolute Gasteiger partial charge is 0.339 e. The molecule has 10 heteroatoms. The lowest BCUT2D eigenvalue weighted by molar-refractivity contribution is 0.0583. The Morgan fingerprint density at radius 2 is 1.84 bits per heavy atom. The van der Waals surface area contributed by atoms with Crippen LogP contribution in [0.2, 0.25) is 0 Å². The Bertz CT molecular complexity index is 1130. The summed E-state index contributed by atoms with van der Waals surface area (Å²) in [5.74, 6) is -0.743. The quantitative estimate of drug-likeness (QED) is 0.642. The van der Waals surface area contributed by atoms with Crippen molar-refractivity contribution in [1.29, 1.82) is 0 Å². The highest BCUT2D eigenvalue weighted by Crippen LogP contribution is 2.39. The molecule has 166 valence electrons. The Hall–Kier alpha value is -3.27. The number of rotatable bonds is 7. The highest BCUT2D eigenvalue weighted by molar-refractivity contribution is 7.92. The Morgan fingerprint density at radius 1 is 1.13 bits per heavy atom. The Labute approximate surface area is 180 Å². The molecule has 2 aromatic carbocycles. The first-order valence-electron chi connectivity index (χ1n) is 9.50. The van der Waals surface area contributed by atoms with E-state index in [1.165, 1.54) is 19.2 Å². The van der Waals surface area contributed by atoms with Crippen LogP contribution in [0.4, 0.5) is 5.69 Å². The van der Waals surface area contributed by atoms with E-state index >= 15 is 0 Å². The van der Waals surface area contributed by atoms with Gasteiger partial charge in [-0.15, -0.1) is 0 Å². The van der Waals surface area contributed by atoms with Crippen LogP contribution in [0.3, 0.4) is 0 Å². The number of anilines is 1. The molecule has 3 rings (SSSR count). The van der Waals surface area contributed by atoms with E-state index < -0.39 is 26.9 Å². The van der Waals surface area contributed by atoms with Crippen molar-refractivity contribution in [2.75, 3.05) is 25.5 Å². The lowest BCUT2D eigenvalue weighted by Crippen LogP contribution is -2.19. The summed E-state index contributed by atoms with van der Waals surface area (Å²) in [4.78, 5) is 23.6. The van der Waals surface area contributed by atoms with Crippen molar-refractivity contribution in [3.05, 3.63) is 47.0 Å². The van der Waals surface area contributed by atoms with E-state index in [9.17, 15) is 18.0 Å². The van der Waals surface area contributed by atoms with Gasteiger partial charge in [0.15, 0.2) is 0 Å². The number of nitrogens with one attached hydrogen (secondary N) is 1. The topological polar surface area (TPSA) is 117 Å². The van der Waals surface area contributed by atoms with Crippen LogP contribution in [0.5, 0.6) is 11.5 Å². The van der Waals surface area contributed by atoms with E-state index in [-0.39, 0.29) is 22.9 Å². The molecule has 9 nitrogen and oxygen atoms in total. The standard InChI is InChI=1S/C21H23NO8S/c1-5-29-18-9-14-8-12(2)30-17(14)11-16(18)22-31(25,26)19-10-13(20(23)27-3)6-7-15(19)21(24)28-4/h6-7,9-12,22H,5,8H2,1-4H3. The fourth-order valence-corrected chi connectivity index (χ4v) is 4.54. The number of benzene rings is 2. The molecule has 0 aromatic heterocycles. The molecule has 2 aromatic rings. The summed E-state index contributed by atoms with van der Waals surface area (Å²) in [6.07, 6.45) is 0.634. The SMILES string of the molecule is CCOc1cc2c(cc1NS(=O)(=O)c1cc(C(=O)OC)ccc1C(=O)OC)OC(C)C2. The number of ether oxygens (including phenoxy) is 4. The van der Waals surface area contributed by atoms with Crippen LogP contribution in [0, 0.1) is 0 Å². The van der Waals surface area contributed by atoms with Gasteiger partial charge in [0.25, 0.3) is 10.0 Å². The van der Waals surface area contributed by atoms with Gasteiger partial charge >= 0.3 is 11.9 Å². The molecule has 1 atom stereocenters. The molecule has 1 aliphatic rings. The third kappa shape index (κ3) is 4.58. The second kappa shape index (κ2) is 8.84. The van der Waals surface area contributed by atoms with Gasteiger partial charge in [-0.05, 0) is 38.1 Å². The first kappa shape index (κ1) is 22.4. The Balaban J connectivity index is 2.09. The summed E-state index contributed by atoms with van der Waals surface area (Å²) in [6.45, 7) is 4.00. The first-order valence-corrected chi connectivity index (χ1v) is 11.0. The maximum Gasteiger partial charge on any atom is 0.339 e. The zero-order valence-corrected chi connectivity index (χ0v) is 18.4. The summed E-state index contributed by atoms with van der Waals surface area (Å²) in [5.41, 5.74) is 0.786. The zero-order valence-electron chi connectivity index (χ0n) is 17.6. The number of methoxy groups -OCH3 is 2. The Morgan fingerprint density at radius 3 is 2.48 bits per heavy atom. The average Bonchev–Trinajstić information content (AvgIpc) is 3.11. The van der Waals surface area contributed by atoms with E-state index in [2.05, 4.69) is 9.46 Å². The summed E-state index contributed by atoms with van der Waals surface area (Å²) >= 11 is 0. The molecule has 0 saturated carbocycles. The van der Waals surface area contributed by atoms with Crippen molar-refractivity contribution < 1.29 is 37.0 Å². The van der Waals surface area contributed by atoms with E-state index in [0.29, 0.717) is 24.5 Å². The highest BCUT2D eigenvalue weighted by atomic mass is 32.2. The maximum atomic E-state index is 13.3. The van der Waals surface area contributed by atoms with Gasteiger partial charge in [0.05, 0.1) is 37.6 Å². The van der Waals surface area contributed by atoms with E-state index in [1.807, 2.05) is 6.92 Å². The normalized spacial score (nSPS) is 14.9. The number of fused-ring (bicyclic) bond motifs is 1. The van der Waals surface area contributed by atoms with Gasteiger partial charge in [-0.2, -0.15) is 0 Å². The van der Waals surface area contributed by atoms with Gasteiger partial charge in [-0.25, -0.2) is 18.0 Å². The number of sulfonamides is 1. The minimum atomic E-state index is -4.33. The Kier molecular flexibility index (Phi) is 6.40. The molecular formula is C21H23NO8S. The summed E-state index contributed by atoms with van der Waals surface area (Å²) in [7, 11) is -2.03. The molecule has 0 saturated heterocycles. The number of carbonyl (C=O) groups excluding carboxylic acids is 2. The predicted octanol–water partition coefficient (Wildman–Crippen LogP) is 2.78. The van der Waals surface area contributed by atoms with Crippen molar-refractivity contribution in [2.45, 2.75) is 31.3 Å². The van der Waals surface area contributed by atoms with Crippen LogP contribution in [-0.2, 0) is 25.9 Å². The number of carbonyl (C=O) groups is 2. The molecular weight excluding hydrogens is 426 g/mol. The van der Waals surface area contributed by atoms with Gasteiger partial charge in [0.1, 0.15) is 22.5 Å². The molecule has 1 aliphatic heterocycles. The van der Waals surface area contributed by atoms with Gasteiger partial charge < -0.3 is 18.9 Å². The van der Waals surface area contributed by atoms with Gasteiger partial charge in [-0.1, -0.05) is 0 Å². The van der Waals surface area contributed by atoms with Crippen molar-refractivity contribution >= 4 is 27.6 Å². The maximum absolute atomic E-state index is 13.3. The van der Waals surface area contributed by atoms with Crippen molar-refractivity contribution in [3.8, 4) is 11.5 Å². The largest absolute Gasteiger partial charge is 0.492 e. The molecule has 0 fully saturated rings. The predicted molar refractivity (Wildman–Crippen MR) is 111 cm³/mol. The highest BCUT2D eigenvalue weighted by Gasteiger charge is 2.28. The van der Waals surface area contributed by atoms with Gasteiger partial charge in [-0.3, -0.25) is 4.72 Å². The van der Waals surface area contributed by atoms with E-state index in [0.717, 1.165) is 18.7 Å². The van der Waals surface area contributed by atoms with Crippen LogP contribution < -0.4 is 14.2 Å². The fraction of sp³-hybridized carbons (Fsp3) is 0.333. The van der Waals surface area contributed by atoms with Crippen molar-refractivity contribution in [3.63, 3.8) is 0 Å². The zero-order chi connectivity index (χ0) is 22.8. The average molecular weight is 449 g/mol. The summed E-state index contributed by atoms with van der Waals surface area (Å²) in [5, 5.41) is 0. The lowest BCUT2D eigenvalue weighted by Gasteiger charge is -2.16. The molecule has 0 spiro atoms. The third-order valence-corrected chi connectivity index (χ3v) is 6.05. The summed E-state index contributed by atoms with van der Waals surface area (Å²) in [6, 6.07) is 6.82. The molecule has 0 aliphatic carbocycles. The van der Waals surface area contributed by atoms with E-state index in [4.69, 9.17) is 14.2 Å². The monoisotopic (exact) mass is 449 g/mol. The van der Waals surface area contributed by atoms with Crippen LogP contribution in [0.25, 0.3) is 0 Å². The fourth-order valence-electron chi connectivity index (χ4n) is 3.26. The second-order valence-corrected chi connectivity index (χ2v) is 8.47. The summed E-state index contributed by atoms with van der Waals surface area (Å²) < 4.78 is 49.6. The van der Waals surface area contributed by atoms with Crippen LogP contribution >= 0.6 is 0 Å². The number of hydrogen-bond acceptors (Lipinski definition) is 8. The van der Waals surface area contributed by atoms with Crippen LogP contribution in [0.15, 0.2) is 35.2 Å². The molecule has 0 bridgehead atoms. The third-order valence-electron chi connectivity index (χ3n) is 4.64. The molecule has 1 unspecified atom stereocenters. The first-order chi connectivity index (χ1) is 14.7. The second-order valence-electron chi connectivity index (χ2n) is 6.82. The van der Waals surface area contributed by atoms with E-state index in [1.54, 1.807) is 19.1 Å². The molecule has 31 heavy (non-hydrogen) atoms. The van der Waals surface area contributed by atoms with Crippen LogP contribution in [-0.4, -0.2) is 47.3 Å². The molecule has 0 amide bonds. The number of hydrogen-bond donors (Lipinski definition) is 1. The van der Waals surface area contributed by atoms with Crippen molar-refractivity contribution in [2.24, 2.45) is 0 Å². The van der Waals surface area contributed by atoms with Gasteiger partial charge in [0, 0.05) is 18.1 Å². The molecule has 0 radical (unpaired) electrons. The molecule has 1 N–H and O–H groups in total. The minimum absolute atomic E-state index is 0.0355.